The number of fused-ring (bicyclic) bond motifs is 1. The molecule has 0 saturated carbocycles. The van der Waals surface area contributed by atoms with E-state index in [-0.39, 0.29) is 11.6 Å². The molecule has 0 bridgehead atoms. The number of ether oxygens (including phenoxy) is 2. The van der Waals surface area contributed by atoms with Crippen LogP contribution < -0.4 is 25.4 Å². The molecule has 1 unspecified atom stereocenters. The van der Waals surface area contributed by atoms with E-state index in [1.54, 1.807) is 91.3 Å². The summed E-state index contributed by atoms with van der Waals surface area (Å²) < 4.78 is 11.3. The summed E-state index contributed by atoms with van der Waals surface area (Å²) in [5, 5.41) is 8.02. The number of amides is 3. The van der Waals surface area contributed by atoms with E-state index in [1.807, 2.05) is 42.5 Å². The lowest BCUT2D eigenvalue weighted by atomic mass is 10.1. The van der Waals surface area contributed by atoms with Crippen LogP contribution in [0.25, 0.3) is 6.08 Å². The second-order valence-corrected chi connectivity index (χ2v) is 11.6. The highest BCUT2D eigenvalue weighted by Gasteiger charge is 2.24. The van der Waals surface area contributed by atoms with Gasteiger partial charge < -0.3 is 25.4 Å². The zero-order chi connectivity index (χ0) is 32.4. The number of hydrogen-bond donors (Lipinski definition) is 3. The molecule has 1 aliphatic rings. The lowest BCUT2D eigenvalue weighted by Gasteiger charge is -2.20. The Morgan fingerprint density at radius 2 is 1.49 bits per heavy atom. The molecule has 47 heavy (non-hydrogen) atoms. The fraction of sp³-hybridized carbons (Fsp3) is 0.0811. The number of nitrogens with zero attached hydrogens (tertiary/aromatic N) is 1. The minimum absolute atomic E-state index is 0.0471. The minimum Gasteiger partial charge on any atom is -0.486 e. The van der Waals surface area contributed by atoms with E-state index in [2.05, 4.69) is 20.9 Å². The van der Waals surface area contributed by atoms with Crippen molar-refractivity contribution < 1.29 is 23.9 Å². The van der Waals surface area contributed by atoms with Crippen molar-refractivity contribution in [2.24, 2.45) is 0 Å². The van der Waals surface area contributed by atoms with Gasteiger partial charge in [0.1, 0.15) is 24.2 Å². The largest absolute Gasteiger partial charge is 0.486 e. The Hall–Kier alpha value is -5.87. The highest BCUT2D eigenvalue weighted by atomic mass is 32.2. The van der Waals surface area contributed by atoms with Gasteiger partial charge in [0.25, 0.3) is 11.8 Å². The van der Waals surface area contributed by atoms with Crippen molar-refractivity contribution in [2.45, 2.75) is 10.1 Å². The second-order valence-electron chi connectivity index (χ2n) is 10.4. The third kappa shape index (κ3) is 8.24. The van der Waals surface area contributed by atoms with Gasteiger partial charge in [0, 0.05) is 40.3 Å². The van der Waals surface area contributed by atoms with Crippen LogP contribution in [-0.2, 0) is 9.59 Å². The number of pyridine rings is 1. The quantitative estimate of drug-likeness (QED) is 0.114. The fourth-order valence-electron chi connectivity index (χ4n) is 4.78. The maximum absolute atomic E-state index is 13.7. The van der Waals surface area contributed by atoms with Crippen LogP contribution in [0.5, 0.6) is 11.5 Å². The van der Waals surface area contributed by atoms with Crippen molar-refractivity contribution in [3.63, 3.8) is 0 Å². The highest BCUT2D eigenvalue weighted by Crippen LogP contribution is 2.38. The van der Waals surface area contributed by atoms with Gasteiger partial charge >= 0.3 is 0 Å². The molecule has 9 nitrogen and oxygen atoms in total. The number of thioether (sulfide) groups is 1. The van der Waals surface area contributed by atoms with E-state index in [0.717, 1.165) is 10.5 Å². The molecule has 0 aliphatic carbocycles. The van der Waals surface area contributed by atoms with Gasteiger partial charge in [-0.05, 0) is 65.7 Å². The maximum atomic E-state index is 13.7. The first-order chi connectivity index (χ1) is 23.0. The van der Waals surface area contributed by atoms with E-state index in [1.165, 1.54) is 11.8 Å². The van der Waals surface area contributed by atoms with E-state index >= 15 is 0 Å². The van der Waals surface area contributed by atoms with Crippen LogP contribution >= 0.6 is 11.8 Å². The standard InChI is InChI=1S/C37H30N4O5S/c42-35(27-12-5-2-6-13-27)41-31(21-25-9-8-18-38-24-25)36(43)39-28-14-7-15-30(22-28)47-34(26-10-3-1-4-11-26)37(44)40-29-16-17-32-33(23-29)46-20-19-45-32/h1-18,21-24,34H,19-20H2,(H,39,43)(H,40,44)(H,41,42)/b31-21-. The molecule has 6 rings (SSSR count). The number of nitrogens with one attached hydrogen (secondary N) is 3. The predicted molar refractivity (Wildman–Crippen MR) is 182 cm³/mol. The van der Waals surface area contributed by atoms with Crippen LogP contribution in [0, 0.1) is 0 Å². The summed E-state index contributed by atoms with van der Waals surface area (Å²) in [5.74, 6) is 0.0577. The average molecular weight is 643 g/mol. The molecular formula is C37H30N4O5S. The summed E-state index contributed by atoms with van der Waals surface area (Å²) in [7, 11) is 0. The van der Waals surface area contributed by atoms with Crippen molar-refractivity contribution in [1.29, 1.82) is 0 Å². The first-order valence-electron chi connectivity index (χ1n) is 14.8. The summed E-state index contributed by atoms with van der Waals surface area (Å²) in [5.41, 5.74) is 3.00. The first kappa shape index (κ1) is 31.1. The number of rotatable bonds is 10. The Morgan fingerprint density at radius 1 is 0.745 bits per heavy atom. The Morgan fingerprint density at radius 3 is 2.26 bits per heavy atom. The van der Waals surface area contributed by atoms with Crippen molar-refractivity contribution in [3.8, 4) is 11.5 Å². The molecular weight excluding hydrogens is 612 g/mol. The number of benzene rings is 4. The van der Waals surface area contributed by atoms with E-state index < -0.39 is 17.1 Å². The number of carbonyl (C=O) groups excluding carboxylic acids is 3. The van der Waals surface area contributed by atoms with Gasteiger partial charge in [0.2, 0.25) is 5.91 Å². The molecule has 5 aromatic rings. The van der Waals surface area contributed by atoms with Crippen molar-refractivity contribution in [3.05, 3.63) is 150 Å². The SMILES string of the molecule is O=C(Nc1cccc(SC(C(=O)Nc2ccc3c(c2)OCCO3)c2ccccc2)c1)/C(=C/c1cccnc1)NC(=O)c1ccccc1. The van der Waals surface area contributed by atoms with E-state index in [0.29, 0.717) is 47.2 Å². The van der Waals surface area contributed by atoms with Gasteiger partial charge in [0.15, 0.2) is 11.5 Å². The second kappa shape index (κ2) is 14.9. The molecule has 3 amide bonds. The highest BCUT2D eigenvalue weighted by molar-refractivity contribution is 8.00. The zero-order valence-corrected chi connectivity index (χ0v) is 25.9. The molecule has 0 radical (unpaired) electrons. The summed E-state index contributed by atoms with van der Waals surface area (Å²) in [4.78, 5) is 45.1. The topological polar surface area (TPSA) is 119 Å². The Bertz CT molecular complexity index is 1900. The van der Waals surface area contributed by atoms with Gasteiger partial charge in [-0.2, -0.15) is 0 Å². The first-order valence-corrected chi connectivity index (χ1v) is 15.7. The molecule has 1 atom stereocenters. The lowest BCUT2D eigenvalue weighted by Crippen LogP contribution is -2.30. The van der Waals surface area contributed by atoms with Crippen LogP contribution in [0.2, 0.25) is 0 Å². The minimum atomic E-state index is -0.610. The van der Waals surface area contributed by atoms with Crippen molar-refractivity contribution >= 4 is 46.9 Å². The van der Waals surface area contributed by atoms with Crippen LogP contribution in [-0.4, -0.2) is 35.9 Å². The van der Waals surface area contributed by atoms with E-state index in [4.69, 9.17) is 9.47 Å². The fourth-order valence-corrected chi connectivity index (χ4v) is 5.87. The number of anilines is 2. The van der Waals surface area contributed by atoms with Gasteiger partial charge in [-0.3, -0.25) is 19.4 Å². The van der Waals surface area contributed by atoms with Gasteiger partial charge in [0.05, 0.1) is 0 Å². The molecule has 0 saturated heterocycles. The molecule has 10 heteroatoms. The maximum Gasteiger partial charge on any atom is 0.272 e. The van der Waals surface area contributed by atoms with Crippen molar-refractivity contribution in [1.82, 2.24) is 10.3 Å². The van der Waals surface area contributed by atoms with Crippen LogP contribution in [0.15, 0.2) is 138 Å². The van der Waals surface area contributed by atoms with Gasteiger partial charge in [-0.1, -0.05) is 60.7 Å². The summed E-state index contributed by atoms with van der Waals surface area (Å²) >= 11 is 1.35. The molecule has 4 aromatic carbocycles. The van der Waals surface area contributed by atoms with Gasteiger partial charge in [-0.25, -0.2) is 0 Å². The number of carbonyl (C=O) groups is 3. The smallest absolute Gasteiger partial charge is 0.272 e. The van der Waals surface area contributed by atoms with E-state index in [9.17, 15) is 14.4 Å². The molecule has 2 heterocycles. The monoisotopic (exact) mass is 642 g/mol. The third-order valence-electron chi connectivity index (χ3n) is 7.02. The van der Waals surface area contributed by atoms with Gasteiger partial charge in [-0.15, -0.1) is 11.8 Å². The Kier molecular flexibility index (Phi) is 9.89. The van der Waals surface area contributed by atoms with Crippen LogP contribution in [0.4, 0.5) is 11.4 Å². The summed E-state index contributed by atoms with van der Waals surface area (Å²) in [6.07, 6.45) is 4.79. The molecule has 0 spiro atoms. The molecule has 1 aliphatic heterocycles. The number of hydrogen-bond acceptors (Lipinski definition) is 7. The predicted octanol–water partition coefficient (Wildman–Crippen LogP) is 6.73. The zero-order valence-electron chi connectivity index (χ0n) is 25.1. The number of aromatic nitrogens is 1. The van der Waals surface area contributed by atoms with Crippen molar-refractivity contribution in [2.75, 3.05) is 23.8 Å². The molecule has 3 N–H and O–H groups in total. The average Bonchev–Trinajstić information content (AvgIpc) is 3.11. The molecule has 1 aromatic heterocycles. The van der Waals surface area contributed by atoms with Crippen LogP contribution in [0.1, 0.15) is 26.7 Å². The molecule has 234 valence electrons. The summed E-state index contributed by atoms with van der Waals surface area (Å²) in [6, 6.07) is 34.2. The van der Waals surface area contributed by atoms with Crippen LogP contribution in [0.3, 0.4) is 0 Å². The molecule has 0 fully saturated rings. The summed E-state index contributed by atoms with van der Waals surface area (Å²) in [6.45, 7) is 0.926. The Labute approximate surface area is 276 Å². The Balaban J connectivity index is 1.21. The third-order valence-corrected chi connectivity index (χ3v) is 8.27. The lowest BCUT2D eigenvalue weighted by molar-refractivity contribution is -0.116. The normalized spacial score (nSPS) is 12.8.